The minimum absolute atomic E-state index is 0.484. The number of pyridine rings is 1. The number of rotatable bonds is 8. The Balaban J connectivity index is 1.14. The zero-order valence-corrected chi connectivity index (χ0v) is 19.1. The lowest BCUT2D eigenvalue weighted by atomic mass is 9.69. The van der Waals surface area contributed by atoms with Gasteiger partial charge in [0.15, 0.2) is 0 Å². The van der Waals surface area contributed by atoms with Crippen LogP contribution in [0.2, 0.25) is 0 Å². The molecule has 1 N–H and O–H groups in total. The van der Waals surface area contributed by atoms with E-state index in [1.165, 1.54) is 49.8 Å². The molecule has 3 aliphatic rings. The van der Waals surface area contributed by atoms with Crippen LogP contribution in [-0.2, 0) is 11.3 Å². The number of fused-ring (bicyclic) bond motifs is 1. The maximum absolute atomic E-state index is 6.16. The predicted molar refractivity (Wildman–Crippen MR) is 128 cm³/mol. The first-order valence-corrected chi connectivity index (χ1v) is 12.5. The van der Waals surface area contributed by atoms with Gasteiger partial charge in [-0.2, -0.15) is 0 Å². The van der Waals surface area contributed by atoms with Gasteiger partial charge in [0.25, 0.3) is 0 Å². The lowest BCUT2D eigenvalue weighted by Crippen LogP contribution is -2.45. The summed E-state index contributed by atoms with van der Waals surface area (Å²) < 4.78 is 12.2. The van der Waals surface area contributed by atoms with Gasteiger partial charge in [-0.25, -0.2) is 0 Å². The molecule has 4 atom stereocenters. The van der Waals surface area contributed by atoms with Crippen LogP contribution in [0.1, 0.15) is 44.1 Å². The highest BCUT2D eigenvalue weighted by Gasteiger charge is 2.37. The molecule has 3 fully saturated rings. The highest BCUT2D eigenvalue weighted by Crippen LogP contribution is 2.41. The van der Waals surface area contributed by atoms with E-state index >= 15 is 0 Å². The highest BCUT2D eigenvalue weighted by atomic mass is 16.5. The zero-order chi connectivity index (χ0) is 21.6. The van der Waals surface area contributed by atoms with Crippen molar-refractivity contribution >= 4 is 5.69 Å². The highest BCUT2D eigenvalue weighted by molar-refractivity contribution is 5.48. The first-order valence-electron chi connectivity index (χ1n) is 12.5. The van der Waals surface area contributed by atoms with Crippen molar-refractivity contribution in [3.05, 3.63) is 54.4 Å². The van der Waals surface area contributed by atoms with Crippen LogP contribution in [0.3, 0.4) is 0 Å². The van der Waals surface area contributed by atoms with Crippen molar-refractivity contribution < 1.29 is 9.47 Å². The third kappa shape index (κ3) is 5.44. The number of hydrogen-bond donors (Lipinski definition) is 1. The number of piperidine rings is 1. The smallest absolute Gasteiger partial charge is 0.139 e. The van der Waals surface area contributed by atoms with Gasteiger partial charge in [-0.15, -0.1) is 0 Å². The third-order valence-electron chi connectivity index (χ3n) is 7.67. The van der Waals surface area contributed by atoms with Crippen molar-refractivity contribution in [2.75, 3.05) is 37.7 Å². The van der Waals surface area contributed by atoms with Crippen LogP contribution in [0.25, 0.3) is 0 Å². The SMILES string of the molecule is c1ccc(COC[C@H]2CCCC3CN(c4cncc(OC[C@@H]5CCCN5)c4)CCC32)cc1. The summed E-state index contributed by atoms with van der Waals surface area (Å²) in [5, 5.41) is 3.50. The molecular formula is C27H37N3O2. The Bertz CT molecular complexity index is 840. The molecule has 172 valence electrons. The van der Waals surface area contributed by atoms with Crippen molar-refractivity contribution in [3.8, 4) is 5.75 Å². The molecular weight excluding hydrogens is 398 g/mol. The van der Waals surface area contributed by atoms with E-state index in [9.17, 15) is 0 Å². The Hall–Kier alpha value is -2.11. The van der Waals surface area contributed by atoms with Gasteiger partial charge >= 0.3 is 0 Å². The number of nitrogens with zero attached hydrogens (tertiary/aromatic N) is 2. The lowest BCUT2D eigenvalue weighted by molar-refractivity contribution is 0.0220. The molecule has 32 heavy (non-hydrogen) atoms. The van der Waals surface area contributed by atoms with Crippen LogP contribution < -0.4 is 15.0 Å². The van der Waals surface area contributed by atoms with E-state index in [-0.39, 0.29) is 0 Å². The molecule has 3 heterocycles. The summed E-state index contributed by atoms with van der Waals surface area (Å²) in [4.78, 5) is 7.02. The summed E-state index contributed by atoms with van der Waals surface area (Å²) in [5.74, 6) is 3.15. The zero-order valence-electron chi connectivity index (χ0n) is 19.1. The van der Waals surface area contributed by atoms with Crippen LogP contribution in [-0.4, -0.2) is 43.9 Å². The van der Waals surface area contributed by atoms with Gasteiger partial charge in [0.05, 0.1) is 31.3 Å². The van der Waals surface area contributed by atoms with Gasteiger partial charge in [-0.05, 0) is 62.0 Å². The van der Waals surface area contributed by atoms with Gasteiger partial charge in [0, 0.05) is 25.2 Å². The molecule has 2 aromatic rings. The maximum Gasteiger partial charge on any atom is 0.139 e. The van der Waals surface area contributed by atoms with Gasteiger partial charge in [0.1, 0.15) is 12.4 Å². The van der Waals surface area contributed by atoms with Crippen molar-refractivity contribution in [2.24, 2.45) is 17.8 Å². The Labute approximate surface area is 192 Å². The molecule has 1 aromatic heterocycles. The third-order valence-corrected chi connectivity index (χ3v) is 7.67. The molecule has 0 bridgehead atoms. The number of hydrogen-bond acceptors (Lipinski definition) is 5. The van der Waals surface area contributed by atoms with Crippen LogP contribution in [0.15, 0.2) is 48.8 Å². The number of ether oxygens (including phenoxy) is 2. The first kappa shape index (κ1) is 21.7. The van der Waals surface area contributed by atoms with Crippen LogP contribution in [0.5, 0.6) is 5.75 Å². The van der Waals surface area contributed by atoms with E-state index in [1.807, 2.05) is 12.4 Å². The van der Waals surface area contributed by atoms with Gasteiger partial charge in [-0.1, -0.05) is 36.8 Å². The average molecular weight is 436 g/mol. The normalized spacial score (nSPS) is 27.8. The summed E-state index contributed by atoms with van der Waals surface area (Å²) in [5.41, 5.74) is 2.48. The van der Waals surface area contributed by atoms with Crippen LogP contribution in [0, 0.1) is 17.8 Å². The Kier molecular flexibility index (Phi) is 7.24. The standard InChI is InChI=1S/C27H37N3O2/c1-2-6-21(7-3-1)18-31-19-23-9-4-8-22-17-30(13-11-27(22)23)25-14-26(16-28-15-25)32-20-24-10-5-12-29-24/h1-3,6-7,14-16,22-24,27,29H,4-5,8-13,17-20H2/t22?,23-,24+,27?/m1/s1. The van der Waals surface area contributed by atoms with Crippen molar-refractivity contribution in [3.63, 3.8) is 0 Å². The number of aromatic nitrogens is 1. The molecule has 5 nitrogen and oxygen atoms in total. The van der Waals surface area contributed by atoms with Gasteiger partial charge in [0.2, 0.25) is 0 Å². The Morgan fingerprint density at radius 3 is 2.81 bits per heavy atom. The molecule has 5 heteroatoms. The summed E-state index contributed by atoms with van der Waals surface area (Å²) in [6, 6.07) is 13.2. The quantitative estimate of drug-likeness (QED) is 0.653. The van der Waals surface area contributed by atoms with Gasteiger partial charge in [-0.3, -0.25) is 4.98 Å². The summed E-state index contributed by atoms with van der Waals surface area (Å²) in [7, 11) is 0. The van der Waals surface area contributed by atoms with E-state index in [1.54, 1.807) is 0 Å². The summed E-state index contributed by atoms with van der Waals surface area (Å²) >= 11 is 0. The Morgan fingerprint density at radius 1 is 1.00 bits per heavy atom. The van der Waals surface area contributed by atoms with Crippen molar-refractivity contribution in [2.45, 2.75) is 51.2 Å². The summed E-state index contributed by atoms with van der Waals surface area (Å²) in [6.45, 7) is 5.72. The molecule has 2 unspecified atom stereocenters. The molecule has 0 amide bonds. The molecule has 2 aliphatic heterocycles. The fourth-order valence-corrected chi connectivity index (χ4v) is 5.93. The molecule has 1 saturated carbocycles. The minimum Gasteiger partial charge on any atom is -0.490 e. The molecule has 0 radical (unpaired) electrons. The Morgan fingerprint density at radius 2 is 1.94 bits per heavy atom. The monoisotopic (exact) mass is 435 g/mol. The van der Waals surface area contributed by atoms with Gasteiger partial charge < -0.3 is 19.7 Å². The van der Waals surface area contributed by atoms with Crippen LogP contribution in [0.4, 0.5) is 5.69 Å². The largest absolute Gasteiger partial charge is 0.490 e. The number of anilines is 1. The molecule has 1 aromatic carbocycles. The topological polar surface area (TPSA) is 46.6 Å². The minimum atomic E-state index is 0.484. The number of benzene rings is 1. The van der Waals surface area contributed by atoms with Crippen molar-refractivity contribution in [1.82, 2.24) is 10.3 Å². The average Bonchev–Trinajstić information content (AvgIpc) is 3.37. The molecule has 5 rings (SSSR count). The molecule has 0 spiro atoms. The second kappa shape index (κ2) is 10.7. The predicted octanol–water partition coefficient (Wildman–Crippen LogP) is 4.67. The number of nitrogens with one attached hydrogen (secondary N) is 1. The van der Waals surface area contributed by atoms with E-state index in [0.29, 0.717) is 12.0 Å². The van der Waals surface area contributed by atoms with Crippen LogP contribution >= 0.6 is 0 Å². The van der Waals surface area contributed by atoms with E-state index in [0.717, 1.165) is 57.0 Å². The molecule has 2 saturated heterocycles. The second-order valence-corrected chi connectivity index (χ2v) is 9.83. The van der Waals surface area contributed by atoms with E-state index in [2.05, 4.69) is 51.6 Å². The fourth-order valence-electron chi connectivity index (χ4n) is 5.93. The van der Waals surface area contributed by atoms with E-state index < -0.39 is 0 Å². The summed E-state index contributed by atoms with van der Waals surface area (Å²) in [6.07, 6.45) is 11.5. The van der Waals surface area contributed by atoms with Crippen molar-refractivity contribution in [1.29, 1.82) is 0 Å². The lowest BCUT2D eigenvalue weighted by Gasteiger charge is -2.46. The second-order valence-electron chi connectivity index (χ2n) is 9.83. The first-order chi connectivity index (χ1) is 15.8. The maximum atomic E-state index is 6.16. The molecule has 1 aliphatic carbocycles. The van der Waals surface area contributed by atoms with E-state index in [4.69, 9.17) is 9.47 Å². The fraction of sp³-hybridized carbons (Fsp3) is 0.593.